The van der Waals surface area contributed by atoms with Crippen molar-refractivity contribution in [3.63, 3.8) is 0 Å². The van der Waals surface area contributed by atoms with Gasteiger partial charge in [0, 0.05) is 12.1 Å². The van der Waals surface area contributed by atoms with Gasteiger partial charge in [-0.25, -0.2) is 8.78 Å². The summed E-state index contributed by atoms with van der Waals surface area (Å²) in [4.78, 5) is 12.1. The number of carbonyl (C=O) groups is 1. The van der Waals surface area contributed by atoms with Crippen LogP contribution in [0.25, 0.3) is 0 Å². The van der Waals surface area contributed by atoms with Gasteiger partial charge >= 0.3 is 0 Å². The quantitative estimate of drug-likeness (QED) is 0.837. The molecule has 1 fully saturated rings. The lowest BCUT2D eigenvalue weighted by atomic mass is 9.96. The molecule has 1 heterocycles. The maximum atomic E-state index is 13.2. The summed E-state index contributed by atoms with van der Waals surface area (Å²) in [6.07, 6.45) is 1.55. The summed E-state index contributed by atoms with van der Waals surface area (Å²) in [5.74, 6) is -0.653. The van der Waals surface area contributed by atoms with Crippen molar-refractivity contribution in [2.45, 2.75) is 18.4 Å². The van der Waals surface area contributed by atoms with Crippen molar-refractivity contribution in [2.24, 2.45) is 0 Å². The predicted molar refractivity (Wildman–Crippen MR) is 81.0 cm³/mol. The Morgan fingerprint density at radius 1 is 1.32 bits per heavy atom. The molecule has 1 aliphatic rings. The van der Waals surface area contributed by atoms with E-state index in [2.05, 4.69) is 5.32 Å². The number of hydrogen-bond acceptors (Lipinski definition) is 4. The van der Waals surface area contributed by atoms with E-state index in [4.69, 9.17) is 9.84 Å². The molecule has 4 nitrogen and oxygen atoms in total. The van der Waals surface area contributed by atoms with Gasteiger partial charge in [-0.05, 0) is 42.5 Å². The number of rotatable bonds is 6. The largest absolute Gasteiger partial charge is 0.394 e. The van der Waals surface area contributed by atoms with Gasteiger partial charge in [0.1, 0.15) is 0 Å². The van der Waals surface area contributed by atoms with Crippen LogP contribution in [-0.2, 0) is 4.74 Å². The number of thioether (sulfide) groups is 1. The van der Waals surface area contributed by atoms with Crippen LogP contribution in [0.2, 0.25) is 0 Å². The third-order valence-electron chi connectivity index (χ3n) is 3.66. The van der Waals surface area contributed by atoms with Crippen LogP contribution in [0.3, 0.4) is 0 Å². The molecule has 2 N–H and O–H groups in total. The molecule has 0 saturated carbocycles. The predicted octanol–water partition coefficient (Wildman–Crippen LogP) is 1.97. The van der Waals surface area contributed by atoms with Gasteiger partial charge in [0.25, 0.3) is 5.91 Å². The first-order valence-electron chi connectivity index (χ1n) is 7.12. The van der Waals surface area contributed by atoms with E-state index in [1.807, 2.05) is 11.8 Å². The minimum Gasteiger partial charge on any atom is -0.394 e. The molecule has 1 saturated heterocycles. The van der Waals surface area contributed by atoms with E-state index in [1.165, 1.54) is 6.07 Å². The summed E-state index contributed by atoms with van der Waals surface area (Å²) in [6.45, 7) is 0.420. The average Bonchev–Trinajstić information content (AvgIpc) is 2.54. The van der Waals surface area contributed by atoms with E-state index in [-0.39, 0.29) is 25.3 Å². The summed E-state index contributed by atoms with van der Waals surface area (Å²) < 4.78 is 31.8. The van der Waals surface area contributed by atoms with Gasteiger partial charge in [0.2, 0.25) is 0 Å². The summed E-state index contributed by atoms with van der Waals surface area (Å²) in [6, 6.07) is 3.05. The number of amides is 1. The normalized spacial score (nSPS) is 17.2. The fourth-order valence-electron chi connectivity index (χ4n) is 2.36. The first-order chi connectivity index (χ1) is 10.6. The van der Waals surface area contributed by atoms with Crippen molar-refractivity contribution >= 4 is 17.7 Å². The zero-order chi connectivity index (χ0) is 16.0. The molecule has 1 aromatic carbocycles. The van der Waals surface area contributed by atoms with E-state index in [0.29, 0.717) is 0 Å². The standard InChI is InChI=1S/C15H19F2NO3S/c16-12-2-1-11(9-13(12)17)14(20)18-10-15(21-6-5-19)3-7-22-8-4-15/h1-2,9,19H,3-8,10H2,(H,18,20). The Balaban J connectivity index is 1.98. The summed E-state index contributed by atoms with van der Waals surface area (Å²) >= 11 is 1.82. The number of aliphatic hydroxyl groups is 1. The SMILES string of the molecule is O=C(NCC1(OCCO)CCSCC1)c1ccc(F)c(F)c1. The molecule has 0 aliphatic carbocycles. The minimum absolute atomic E-state index is 0.0707. The van der Waals surface area contributed by atoms with Gasteiger partial charge in [0.05, 0.1) is 18.8 Å². The van der Waals surface area contributed by atoms with E-state index in [9.17, 15) is 13.6 Å². The highest BCUT2D eigenvalue weighted by Crippen LogP contribution is 2.30. The topological polar surface area (TPSA) is 58.6 Å². The molecule has 0 spiro atoms. The van der Waals surface area contributed by atoms with Crippen molar-refractivity contribution in [3.05, 3.63) is 35.4 Å². The van der Waals surface area contributed by atoms with Gasteiger partial charge in [-0.3, -0.25) is 4.79 Å². The smallest absolute Gasteiger partial charge is 0.251 e. The van der Waals surface area contributed by atoms with Crippen LogP contribution < -0.4 is 5.32 Å². The molecule has 1 amide bonds. The molecule has 0 atom stereocenters. The number of nitrogens with one attached hydrogen (secondary N) is 1. The highest BCUT2D eigenvalue weighted by Gasteiger charge is 2.33. The first-order valence-corrected chi connectivity index (χ1v) is 8.28. The Bertz CT molecular complexity index is 522. The van der Waals surface area contributed by atoms with Gasteiger partial charge in [-0.1, -0.05) is 0 Å². The van der Waals surface area contributed by atoms with Crippen LogP contribution in [0.1, 0.15) is 23.2 Å². The molecule has 122 valence electrons. The fourth-order valence-corrected chi connectivity index (χ4v) is 3.60. The Hall–Kier alpha value is -1.18. The van der Waals surface area contributed by atoms with Crippen molar-refractivity contribution in [2.75, 3.05) is 31.3 Å². The van der Waals surface area contributed by atoms with Crippen molar-refractivity contribution in [1.82, 2.24) is 5.32 Å². The summed E-state index contributed by atoms with van der Waals surface area (Å²) in [5.41, 5.74) is -0.427. The maximum absolute atomic E-state index is 13.2. The molecule has 0 unspecified atom stereocenters. The van der Waals surface area contributed by atoms with Gasteiger partial charge in [-0.15, -0.1) is 0 Å². The summed E-state index contributed by atoms with van der Waals surface area (Å²) in [5, 5.41) is 11.6. The zero-order valence-corrected chi connectivity index (χ0v) is 12.9. The Morgan fingerprint density at radius 2 is 2.05 bits per heavy atom. The fraction of sp³-hybridized carbons (Fsp3) is 0.533. The third-order valence-corrected chi connectivity index (χ3v) is 4.64. The summed E-state index contributed by atoms with van der Waals surface area (Å²) in [7, 11) is 0. The van der Waals surface area contributed by atoms with Gasteiger partial charge in [0.15, 0.2) is 11.6 Å². The number of aliphatic hydroxyl groups excluding tert-OH is 1. The minimum atomic E-state index is -1.05. The van der Waals surface area contributed by atoms with Gasteiger partial charge < -0.3 is 15.2 Å². The zero-order valence-electron chi connectivity index (χ0n) is 12.1. The third kappa shape index (κ3) is 4.41. The van der Waals surface area contributed by atoms with E-state index in [0.717, 1.165) is 36.5 Å². The number of carbonyl (C=O) groups excluding carboxylic acids is 1. The molecular formula is C15H19F2NO3S. The Morgan fingerprint density at radius 3 is 2.68 bits per heavy atom. The van der Waals surface area contributed by atoms with Crippen LogP contribution in [0, 0.1) is 11.6 Å². The second kappa shape index (κ2) is 7.89. The lowest BCUT2D eigenvalue weighted by Gasteiger charge is -2.37. The molecule has 0 bridgehead atoms. The van der Waals surface area contributed by atoms with Crippen molar-refractivity contribution in [1.29, 1.82) is 0 Å². The van der Waals surface area contributed by atoms with Crippen LogP contribution in [0.15, 0.2) is 18.2 Å². The van der Waals surface area contributed by atoms with E-state index in [1.54, 1.807) is 0 Å². The molecular weight excluding hydrogens is 312 g/mol. The number of benzene rings is 1. The average molecular weight is 331 g/mol. The monoisotopic (exact) mass is 331 g/mol. The van der Waals surface area contributed by atoms with Crippen LogP contribution >= 0.6 is 11.8 Å². The first kappa shape index (κ1) is 17.2. The van der Waals surface area contributed by atoms with Crippen LogP contribution in [-0.4, -0.2) is 47.9 Å². The van der Waals surface area contributed by atoms with Crippen LogP contribution in [0.4, 0.5) is 8.78 Å². The maximum Gasteiger partial charge on any atom is 0.251 e. The van der Waals surface area contributed by atoms with Crippen molar-refractivity contribution in [3.8, 4) is 0 Å². The highest BCUT2D eigenvalue weighted by molar-refractivity contribution is 7.99. The molecule has 0 aromatic heterocycles. The Labute approximate surface area is 132 Å². The van der Waals surface area contributed by atoms with E-state index < -0.39 is 23.1 Å². The molecule has 1 aliphatic heterocycles. The number of ether oxygens (including phenoxy) is 1. The highest BCUT2D eigenvalue weighted by atomic mass is 32.2. The lowest BCUT2D eigenvalue weighted by Crippen LogP contribution is -2.48. The lowest BCUT2D eigenvalue weighted by molar-refractivity contribution is -0.0608. The molecule has 1 aromatic rings. The molecule has 22 heavy (non-hydrogen) atoms. The van der Waals surface area contributed by atoms with E-state index >= 15 is 0 Å². The number of hydrogen-bond donors (Lipinski definition) is 2. The van der Waals surface area contributed by atoms with Crippen molar-refractivity contribution < 1.29 is 23.4 Å². The second-order valence-corrected chi connectivity index (χ2v) is 6.40. The van der Waals surface area contributed by atoms with Crippen LogP contribution in [0.5, 0.6) is 0 Å². The number of halogens is 2. The second-order valence-electron chi connectivity index (χ2n) is 5.18. The molecule has 7 heteroatoms. The van der Waals surface area contributed by atoms with Gasteiger partial charge in [-0.2, -0.15) is 11.8 Å². The Kier molecular flexibility index (Phi) is 6.16. The molecule has 0 radical (unpaired) electrons. The molecule has 2 rings (SSSR count).